The van der Waals surface area contributed by atoms with Crippen molar-refractivity contribution in [1.29, 1.82) is 0 Å². The summed E-state index contributed by atoms with van der Waals surface area (Å²) in [5, 5.41) is 4.36. The number of fused-ring (bicyclic) bond motifs is 1. The molecule has 0 bridgehead atoms. The number of hydrogen-bond acceptors (Lipinski definition) is 4. The number of aryl methyl sites for hydroxylation is 2. The van der Waals surface area contributed by atoms with E-state index in [0.29, 0.717) is 6.54 Å². The molecule has 0 saturated carbocycles. The van der Waals surface area contributed by atoms with E-state index in [1.54, 1.807) is 6.07 Å². The molecule has 1 aromatic carbocycles. The third kappa shape index (κ3) is 3.64. The maximum absolute atomic E-state index is 12.5. The summed E-state index contributed by atoms with van der Waals surface area (Å²) in [7, 11) is 4.27. The molecule has 0 aliphatic carbocycles. The topological polar surface area (TPSA) is 57.4 Å². The van der Waals surface area contributed by atoms with Crippen LogP contribution in [0.25, 0.3) is 10.9 Å². The lowest BCUT2D eigenvalue weighted by Crippen LogP contribution is -2.54. The Labute approximate surface area is 149 Å². The predicted octanol–water partition coefficient (Wildman–Crippen LogP) is 2.35. The zero-order valence-electron chi connectivity index (χ0n) is 15.7. The molecule has 1 aliphatic rings. The summed E-state index contributed by atoms with van der Waals surface area (Å²) in [5.41, 5.74) is 4.25. The van der Waals surface area contributed by atoms with Gasteiger partial charge in [-0.15, -0.1) is 0 Å². The number of rotatable bonds is 5. The first kappa shape index (κ1) is 18.1. The molecule has 1 saturated heterocycles. The highest BCUT2D eigenvalue weighted by Gasteiger charge is 2.34. The average Bonchev–Trinajstić information content (AvgIpc) is 2.58. The van der Waals surface area contributed by atoms with E-state index in [2.05, 4.69) is 35.4 Å². The number of benzene rings is 1. The van der Waals surface area contributed by atoms with Gasteiger partial charge in [0.05, 0.1) is 5.52 Å². The van der Waals surface area contributed by atoms with Gasteiger partial charge in [0.1, 0.15) is 0 Å². The van der Waals surface area contributed by atoms with E-state index >= 15 is 0 Å². The van der Waals surface area contributed by atoms with Crippen LogP contribution < -0.4 is 10.7 Å². The third-order valence-corrected chi connectivity index (χ3v) is 5.60. The number of ether oxygens (including phenoxy) is 1. The zero-order chi connectivity index (χ0) is 18.0. The van der Waals surface area contributed by atoms with E-state index in [1.165, 1.54) is 0 Å². The number of nitrogens with zero attached hydrogens (tertiary/aromatic N) is 1. The van der Waals surface area contributed by atoms with Crippen molar-refractivity contribution >= 4 is 10.9 Å². The molecule has 0 radical (unpaired) electrons. The normalized spacial score (nSPS) is 17.3. The van der Waals surface area contributed by atoms with Crippen molar-refractivity contribution in [2.75, 3.05) is 33.9 Å². The molecule has 0 unspecified atom stereocenters. The second kappa shape index (κ2) is 7.28. The molecule has 5 heteroatoms. The lowest BCUT2D eigenvalue weighted by atomic mass is 9.88. The number of nitrogens with one attached hydrogen (secondary N) is 2. The predicted molar refractivity (Wildman–Crippen MR) is 102 cm³/mol. The molecular weight excluding hydrogens is 314 g/mol. The second-order valence-electron chi connectivity index (χ2n) is 7.44. The Morgan fingerprint density at radius 3 is 2.56 bits per heavy atom. The Bertz CT molecular complexity index is 804. The van der Waals surface area contributed by atoms with Crippen LogP contribution in [-0.2, 0) is 11.3 Å². The van der Waals surface area contributed by atoms with Crippen molar-refractivity contribution in [1.82, 2.24) is 15.2 Å². The van der Waals surface area contributed by atoms with E-state index in [4.69, 9.17) is 4.74 Å². The molecule has 1 fully saturated rings. The highest BCUT2D eigenvalue weighted by atomic mass is 16.5. The first-order valence-corrected chi connectivity index (χ1v) is 9.01. The van der Waals surface area contributed by atoms with Crippen LogP contribution in [0.3, 0.4) is 0 Å². The quantitative estimate of drug-likeness (QED) is 0.875. The van der Waals surface area contributed by atoms with Gasteiger partial charge in [0, 0.05) is 49.0 Å². The molecule has 2 aromatic rings. The zero-order valence-corrected chi connectivity index (χ0v) is 15.7. The highest BCUT2D eigenvalue weighted by Crippen LogP contribution is 2.25. The Morgan fingerprint density at radius 2 is 1.88 bits per heavy atom. The average molecular weight is 343 g/mol. The van der Waals surface area contributed by atoms with Crippen LogP contribution in [-0.4, -0.2) is 49.3 Å². The number of aromatic nitrogens is 1. The summed E-state index contributed by atoms with van der Waals surface area (Å²) in [6, 6.07) is 5.80. The lowest BCUT2D eigenvalue weighted by molar-refractivity contribution is -0.00718. The molecule has 1 aliphatic heterocycles. The van der Waals surface area contributed by atoms with Gasteiger partial charge in [-0.3, -0.25) is 4.79 Å². The Hall–Kier alpha value is -1.69. The number of hydrogen-bond donors (Lipinski definition) is 2. The van der Waals surface area contributed by atoms with Gasteiger partial charge in [0.25, 0.3) is 0 Å². The van der Waals surface area contributed by atoms with Crippen molar-refractivity contribution in [3.05, 3.63) is 45.2 Å². The van der Waals surface area contributed by atoms with E-state index in [0.717, 1.165) is 60.3 Å². The van der Waals surface area contributed by atoms with Crippen molar-refractivity contribution in [3.63, 3.8) is 0 Å². The van der Waals surface area contributed by atoms with Crippen LogP contribution in [0.15, 0.2) is 23.0 Å². The summed E-state index contributed by atoms with van der Waals surface area (Å²) < 4.78 is 5.53. The molecule has 25 heavy (non-hydrogen) atoms. The molecule has 5 nitrogen and oxygen atoms in total. The van der Waals surface area contributed by atoms with Crippen LogP contribution in [0, 0.1) is 13.8 Å². The van der Waals surface area contributed by atoms with E-state index in [1.807, 2.05) is 19.9 Å². The van der Waals surface area contributed by atoms with E-state index in [-0.39, 0.29) is 11.0 Å². The Morgan fingerprint density at radius 1 is 1.20 bits per heavy atom. The fourth-order valence-corrected chi connectivity index (χ4v) is 3.78. The molecule has 3 rings (SSSR count). The molecule has 0 spiro atoms. The van der Waals surface area contributed by atoms with Gasteiger partial charge >= 0.3 is 0 Å². The number of likely N-dealkylation sites (N-methyl/N-ethyl adjacent to an activating group) is 1. The van der Waals surface area contributed by atoms with Crippen LogP contribution >= 0.6 is 0 Å². The van der Waals surface area contributed by atoms with Gasteiger partial charge in [-0.25, -0.2) is 0 Å². The summed E-state index contributed by atoms with van der Waals surface area (Å²) in [5.74, 6) is 0. The number of pyridine rings is 1. The Balaban J connectivity index is 1.77. The molecule has 2 N–H and O–H groups in total. The van der Waals surface area contributed by atoms with Crippen molar-refractivity contribution in [3.8, 4) is 0 Å². The third-order valence-electron chi connectivity index (χ3n) is 5.60. The fraction of sp³-hybridized carbons (Fsp3) is 0.550. The maximum Gasteiger partial charge on any atom is 0.189 e. The molecule has 2 heterocycles. The molecule has 0 atom stereocenters. The van der Waals surface area contributed by atoms with Crippen LogP contribution in [0.4, 0.5) is 0 Å². The minimum Gasteiger partial charge on any atom is -0.381 e. The highest BCUT2D eigenvalue weighted by molar-refractivity contribution is 5.84. The van der Waals surface area contributed by atoms with Crippen molar-refractivity contribution in [2.24, 2.45) is 0 Å². The van der Waals surface area contributed by atoms with Crippen molar-refractivity contribution in [2.45, 2.75) is 38.8 Å². The van der Waals surface area contributed by atoms with Gasteiger partial charge in [0.15, 0.2) is 5.43 Å². The monoisotopic (exact) mass is 343 g/mol. The first-order valence-electron chi connectivity index (χ1n) is 9.01. The van der Waals surface area contributed by atoms with E-state index < -0.39 is 0 Å². The van der Waals surface area contributed by atoms with Crippen LogP contribution in [0.5, 0.6) is 0 Å². The van der Waals surface area contributed by atoms with Gasteiger partial charge in [-0.05, 0) is 51.9 Å². The molecule has 0 amide bonds. The number of aromatic amines is 1. The van der Waals surface area contributed by atoms with Gasteiger partial charge < -0.3 is 19.9 Å². The summed E-state index contributed by atoms with van der Waals surface area (Å²) >= 11 is 0. The summed E-state index contributed by atoms with van der Waals surface area (Å²) in [6.07, 6.45) is 2.05. The first-order chi connectivity index (χ1) is 11.9. The smallest absolute Gasteiger partial charge is 0.189 e. The van der Waals surface area contributed by atoms with Crippen LogP contribution in [0.1, 0.15) is 29.7 Å². The molecule has 1 aromatic heterocycles. The van der Waals surface area contributed by atoms with Gasteiger partial charge in [0.2, 0.25) is 0 Å². The lowest BCUT2D eigenvalue weighted by Gasteiger charge is -2.43. The van der Waals surface area contributed by atoms with Gasteiger partial charge in [-0.1, -0.05) is 12.1 Å². The SMILES string of the molecule is Cc1ccc(C)c2c(=O)cc(CNCC3(N(C)C)CCOCC3)[nH]c12. The minimum atomic E-state index is 0.0974. The van der Waals surface area contributed by atoms with Gasteiger partial charge in [-0.2, -0.15) is 0 Å². The maximum atomic E-state index is 12.5. The largest absolute Gasteiger partial charge is 0.381 e. The summed E-state index contributed by atoms with van der Waals surface area (Å²) in [6.45, 7) is 7.19. The van der Waals surface area contributed by atoms with Crippen molar-refractivity contribution < 1.29 is 4.74 Å². The molecular formula is C20H29N3O2. The Kier molecular flexibility index (Phi) is 5.27. The second-order valence-corrected chi connectivity index (χ2v) is 7.44. The fourth-order valence-electron chi connectivity index (χ4n) is 3.78. The van der Waals surface area contributed by atoms with Crippen LogP contribution in [0.2, 0.25) is 0 Å². The minimum absolute atomic E-state index is 0.0974. The standard InChI is InChI=1S/C20H29N3O2/c1-14-5-6-15(2)19-18(14)17(24)11-16(22-19)12-21-13-20(23(3)4)7-9-25-10-8-20/h5-6,11,21H,7-10,12-13H2,1-4H3,(H,22,24). The van der Waals surface area contributed by atoms with E-state index in [9.17, 15) is 4.79 Å². The number of H-pyrrole nitrogens is 1. The summed E-state index contributed by atoms with van der Waals surface area (Å²) in [4.78, 5) is 18.3. The molecule has 136 valence electrons.